The molecule has 2 saturated heterocycles. The molecule has 0 N–H and O–H groups in total. The summed E-state index contributed by atoms with van der Waals surface area (Å²) in [5.74, 6) is -0.0875. The summed E-state index contributed by atoms with van der Waals surface area (Å²) in [7, 11) is 0. The molecule has 2 bridgehead atoms. The van der Waals surface area contributed by atoms with Crippen molar-refractivity contribution >= 4 is 11.9 Å². The SMILES string of the molecule is CC(=O)OC1CC[C@@H](C)[C@@]23C[C@@H](C[C@H](OC(=O)C4OC4c4ccccc4)[C@]12C)C(C)(C)O3. The second-order valence-electron chi connectivity index (χ2n) is 10.9. The smallest absolute Gasteiger partial charge is 0.338 e. The molecule has 2 aliphatic carbocycles. The normalized spacial score (nSPS) is 43.8. The first-order valence-electron chi connectivity index (χ1n) is 11.9. The highest BCUT2D eigenvalue weighted by molar-refractivity contribution is 5.78. The average Bonchev–Trinajstić information content (AvgIpc) is 3.49. The van der Waals surface area contributed by atoms with Crippen LogP contribution in [0.3, 0.4) is 0 Å². The van der Waals surface area contributed by atoms with Crippen LogP contribution in [0.15, 0.2) is 30.3 Å². The summed E-state index contributed by atoms with van der Waals surface area (Å²) in [6.45, 7) is 10.0. The van der Waals surface area contributed by atoms with Gasteiger partial charge < -0.3 is 18.9 Å². The molecule has 3 unspecified atom stereocenters. The number of esters is 2. The average molecular weight is 443 g/mol. The molecule has 2 saturated carbocycles. The lowest BCUT2D eigenvalue weighted by atomic mass is 9.50. The number of epoxide rings is 1. The molecule has 0 radical (unpaired) electrons. The van der Waals surface area contributed by atoms with Crippen LogP contribution in [0.4, 0.5) is 0 Å². The van der Waals surface area contributed by atoms with E-state index in [1.807, 2.05) is 30.3 Å². The molecular formula is C26H34O6. The molecule has 4 aliphatic rings. The van der Waals surface area contributed by atoms with Gasteiger partial charge in [-0.05, 0) is 63.9 Å². The van der Waals surface area contributed by atoms with Gasteiger partial charge in [0.25, 0.3) is 0 Å². The molecule has 4 fully saturated rings. The maximum atomic E-state index is 13.2. The number of hydrogen-bond acceptors (Lipinski definition) is 6. The molecule has 1 spiro atoms. The molecule has 174 valence electrons. The number of rotatable bonds is 4. The van der Waals surface area contributed by atoms with Gasteiger partial charge in [-0.1, -0.05) is 37.3 Å². The lowest BCUT2D eigenvalue weighted by molar-refractivity contribution is -0.263. The summed E-state index contributed by atoms with van der Waals surface area (Å²) < 4.78 is 24.7. The van der Waals surface area contributed by atoms with Crippen LogP contribution >= 0.6 is 0 Å². The van der Waals surface area contributed by atoms with Gasteiger partial charge in [0, 0.05) is 6.92 Å². The topological polar surface area (TPSA) is 74.4 Å². The Morgan fingerprint density at radius 2 is 1.75 bits per heavy atom. The molecule has 1 aromatic carbocycles. The van der Waals surface area contributed by atoms with E-state index in [1.165, 1.54) is 6.92 Å². The molecule has 2 heterocycles. The zero-order valence-corrected chi connectivity index (χ0v) is 19.6. The van der Waals surface area contributed by atoms with Crippen molar-refractivity contribution in [3.05, 3.63) is 35.9 Å². The Labute approximate surface area is 189 Å². The van der Waals surface area contributed by atoms with Crippen LogP contribution < -0.4 is 0 Å². The largest absolute Gasteiger partial charge is 0.462 e. The van der Waals surface area contributed by atoms with Crippen LogP contribution in [-0.4, -0.2) is 41.5 Å². The Morgan fingerprint density at radius 1 is 1.03 bits per heavy atom. The van der Waals surface area contributed by atoms with E-state index in [0.29, 0.717) is 6.42 Å². The molecule has 6 nitrogen and oxygen atoms in total. The molecule has 1 aromatic rings. The fraction of sp³-hybridized carbons (Fsp3) is 0.692. The van der Waals surface area contributed by atoms with Crippen molar-refractivity contribution in [2.24, 2.45) is 17.3 Å². The van der Waals surface area contributed by atoms with E-state index in [2.05, 4.69) is 27.7 Å². The predicted octanol–water partition coefficient (Wildman–Crippen LogP) is 4.36. The lowest BCUT2D eigenvalue weighted by Crippen LogP contribution is -2.68. The van der Waals surface area contributed by atoms with Gasteiger partial charge in [-0.25, -0.2) is 4.79 Å². The van der Waals surface area contributed by atoms with Crippen molar-refractivity contribution in [2.75, 3.05) is 0 Å². The fourth-order valence-electron chi connectivity index (χ4n) is 6.87. The van der Waals surface area contributed by atoms with Gasteiger partial charge in [0.05, 0.1) is 16.6 Å². The summed E-state index contributed by atoms with van der Waals surface area (Å²) in [6.07, 6.45) is 1.66. The summed E-state index contributed by atoms with van der Waals surface area (Å²) in [5, 5.41) is 0. The minimum Gasteiger partial charge on any atom is -0.462 e. The van der Waals surface area contributed by atoms with Crippen molar-refractivity contribution in [1.29, 1.82) is 0 Å². The minimum atomic E-state index is -0.618. The number of hydrogen-bond donors (Lipinski definition) is 0. The van der Waals surface area contributed by atoms with Gasteiger partial charge >= 0.3 is 11.9 Å². The predicted molar refractivity (Wildman–Crippen MR) is 117 cm³/mol. The Bertz CT molecular complexity index is 912. The van der Waals surface area contributed by atoms with E-state index in [1.54, 1.807) is 0 Å². The number of benzene rings is 1. The fourth-order valence-corrected chi connectivity index (χ4v) is 6.87. The van der Waals surface area contributed by atoms with Crippen LogP contribution in [0.1, 0.15) is 72.0 Å². The maximum Gasteiger partial charge on any atom is 0.338 e. The van der Waals surface area contributed by atoms with Crippen molar-refractivity contribution in [1.82, 2.24) is 0 Å². The third kappa shape index (κ3) is 3.13. The maximum absolute atomic E-state index is 13.2. The number of carbonyl (C=O) groups is 2. The van der Waals surface area contributed by atoms with Gasteiger partial charge in [-0.15, -0.1) is 0 Å². The van der Waals surface area contributed by atoms with Crippen molar-refractivity contribution in [3.8, 4) is 0 Å². The highest BCUT2D eigenvalue weighted by Crippen LogP contribution is 2.66. The second-order valence-corrected chi connectivity index (χ2v) is 10.9. The van der Waals surface area contributed by atoms with E-state index in [0.717, 1.165) is 24.8 Å². The molecule has 2 aliphatic heterocycles. The molecule has 8 atom stereocenters. The summed E-state index contributed by atoms with van der Waals surface area (Å²) in [4.78, 5) is 25.2. The zero-order valence-electron chi connectivity index (χ0n) is 19.6. The lowest BCUT2D eigenvalue weighted by Gasteiger charge is -2.60. The standard InChI is InChI=1S/C26H34O6/c1-15-11-12-19(29-16(2)27)25(5)20(13-18-14-26(15,25)32-24(18,3)4)30-23(28)22-21(31-22)17-9-7-6-8-10-17/h6-10,15,18-22H,11-14H2,1-5H3/t15-,18-,19?,20+,21?,22?,25+,26+/m1/s1. The Hall–Kier alpha value is -1.92. The van der Waals surface area contributed by atoms with Gasteiger partial charge in [0.15, 0.2) is 6.10 Å². The quantitative estimate of drug-likeness (QED) is 0.509. The highest BCUT2D eigenvalue weighted by Gasteiger charge is 2.73. The Kier molecular flexibility index (Phi) is 4.99. The van der Waals surface area contributed by atoms with Crippen LogP contribution in [0.25, 0.3) is 0 Å². The van der Waals surface area contributed by atoms with Crippen LogP contribution in [0.5, 0.6) is 0 Å². The molecule has 5 rings (SSSR count). The number of fused-ring (bicyclic) bond motifs is 1. The van der Waals surface area contributed by atoms with Crippen molar-refractivity contribution < 1.29 is 28.5 Å². The summed E-state index contributed by atoms with van der Waals surface area (Å²) >= 11 is 0. The third-order valence-corrected chi connectivity index (χ3v) is 8.80. The van der Waals surface area contributed by atoms with Gasteiger partial charge in [-0.3, -0.25) is 4.79 Å². The van der Waals surface area contributed by atoms with E-state index in [4.69, 9.17) is 18.9 Å². The second kappa shape index (κ2) is 7.29. The summed E-state index contributed by atoms with van der Waals surface area (Å²) in [6, 6.07) is 9.75. The molecule has 0 aromatic heterocycles. The number of carbonyl (C=O) groups excluding carboxylic acids is 2. The first kappa shape index (κ1) is 21.9. The van der Waals surface area contributed by atoms with Crippen LogP contribution in [0, 0.1) is 17.3 Å². The zero-order chi connectivity index (χ0) is 22.9. The van der Waals surface area contributed by atoms with E-state index < -0.39 is 23.2 Å². The van der Waals surface area contributed by atoms with Crippen LogP contribution in [-0.2, 0) is 28.5 Å². The van der Waals surface area contributed by atoms with Crippen molar-refractivity contribution in [3.63, 3.8) is 0 Å². The van der Waals surface area contributed by atoms with Gasteiger partial charge in [0.2, 0.25) is 0 Å². The Balaban J connectivity index is 1.44. The molecular weight excluding hydrogens is 408 g/mol. The third-order valence-electron chi connectivity index (χ3n) is 8.80. The highest BCUT2D eigenvalue weighted by atomic mass is 16.6. The molecule has 6 heteroatoms. The number of ether oxygens (including phenoxy) is 4. The van der Waals surface area contributed by atoms with E-state index in [9.17, 15) is 9.59 Å². The van der Waals surface area contributed by atoms with Crippen LogP contribution in [0.2, 0.25) is 0 Å². The molecule has 32 heavy (non-hydrogen) atoms. The molecule has 0 amide bonds. The van der Waals surface area contributed by atoms with Gasteiger partial charge in [0.1, 0.15) is 18.3 Å². The van der Waals surface area contributed by atoms with Crippen molar-refractivity contribution in [2.45, 2.75) is 95.9 Å². The summed E-state index contributed by atoms with van der Waals surface area (Å²) in [5.41, 5.74) is -0.453. The first-order valence-corrected chi connectivity index (χ1v) is 11.9. The monoisotopic (exact) mass is 442 g/mol. The first-order chi connectivity index (χ1) is 15.1. The van der Waals surface area contributed by atoms with E-state index in [-0.39, 0.29) is 41.6 Å². The minimum absolute atomic E-state index is 0.256. The Morgan fingerprint density at radius 3 is 2.44 bits per heavy atom. The van der Waals surface area contributed by atoms with E-state index >= 15 is 0 Å². The van der Waals surface area contributed by atoms with Gasteiger partial charge in [-0.2, -0.15) is 0 Å².